The fourth-order valence-corrected chi connectivity index (χ4v) is 3.91. The van der Waals surface area contributed by atoms with E-state index in [1.165, 1.54) is 5.56 Å². The second-order valence-corrected chi connectivity index (χ2v) is 5.73. The molecule has 78 valence electrons. The molecule has 0 aliphatic heterocycles. The number of hydrogen-bond acceptors (Lipinski definition) is 1. The average Bonchev–Trinajstić information content (AvgIpc) is 2.22. The fourth-order valence-electron chi connectivity index (χ4n) is 1.79. The molecule has 0 amide bonds. The molecular weight excluding hydrogens is 239 g/mol. The van der Waals surface area contributed by atoms with E-state index < -0.39 is 0 Å². The third kappa shape index (κ3) is 2.03. The Morgan fingerprint density at radius 2 is 1.79 bits per heavy atom. The summed E-state index contributed by atoms with van der Waals surface area (Å²) in [6.45, 7) is 4.45. The Bertz CT molecular complexity index is 265. The second kappa shape index (κ2) is 4.97. The van der Waals surface area contributed by atoms with Crippen molar-refractivity contribution in [1.29, 1.82) is 0 Å². The first-order chi connectivity index (χ1) is 6.67. The number of rotatable bonds is 4. The van der Waals surface area contributed by atoms with E-state index >= 15 is 0 Å². The third-order valence-electron chi connectivity index (χ3n) is 2.54. The van der Waals surface area contributed by atoms with Crippen molar-refractivity contribution in [2.75, 3.05) is 7.11 Å². The molecule has 1 aromatic carbocycles. The topological polar surface area (TPSA) is 9.23 Å². The monoisotopic (exact) mass is 258 g/mol. The Balaban J connectivity index is 3.11. The number of ether oxygens (including phenoxy) is 1. The molecule has 0 saturated heterocycles. The molecule has 0 aliphatic rings. The van der Waals surface area contributed by atoms with Gasteiger partial charge in [-0.1, -0.05) is 0 Å². The van der Waals surface area contributed by atoms with E-state index in [1.807, 2.05) is 13.2 Å². The molecule has 0 aliphatic carbocycles. The van der Waals surface area contributed by atoms with Crippen molar-refractivity contribution in [1.82, 2.24) is 0 Å². The molecule has 0 saturated carbocycles. The summed E-state index contributed by atoms with van der Waals surface area (Å²) in [5.41, 5.74) is 1.31. The van der Waals surface area contributed by atoms with Crippen molar-refractivity contribution in [2.24, 2.45) is 5.92 Å². The van der Waals surface area contributed by atoms with Crippen LogP contribution in [0.25, 0.3) is 0 Å². The summed E-state index contributed by atoms with van der Waals surface area (Å²) in [5, 5.41) is 0. The number of hydrogen-bond donors (Lipinski definition) is 0. The van der Waals surface area contributed by atoms with Gasteiger partial charge in [0.05, 0.1) is 0 Å². The summed E-state index contributed by atoms with van der Waals surface area (Å²) in [6, 6.07) is 10.5. The maximum atomic E-state index is 5.76. The van der Waals surface area contributed by atoms with Gasteiger partial charge in [0.1, 0.15) is 0 Å². The van der Waals surface area contributed by atoms with Gasteiger partial charge in [0.25, 0.3) is 0 Å². The van der Waals surface area contributed by atoms with Crippen LogP contribution in [-0.4, -0.2) is 22.1 Å². The zero-order valence-corrected chi connectivity index (χ0v) is 11.0. The molecule has 0 N–H and O–H groups in total. The molecule has 0 bridgehead atoms. The van der Waals surface area contributed by atoms with Crippen molar-refractivity contribution in [2.45, 2.75) is 24.2 Å². The molecule has 1 atom stereocenters. The number of benzene rings is 1. The van der Waals surface area contributed by atoms with Gasteiger partial charge in [0.15, 0.2) is 0 Å². The van der Waals surface area contributed by atoms with Gasteiger partial charge in [-0.15, -0.1) is 0 Å². The number of methoxy groups -OCH3 is 1. The molecule has 1 unspecified atom stereocenters. The van der Waals surface area contributed by atoms with Gasteiger partial charge in [-0.25, -0.2) is 0 Å². The summed E-state index contributed by atoms with van der Waals surface area (Å²) in [7, 11) is 1.82. The standard InChI is InChI=1S/C12H18OSe/c1-10(2)12(13-3,14-4)11-8-6-5-7-9-11/h5-10H,1-4H3. The molecule has 1 aromatic rings. The SMILES string of the molecule is COC([Se]C)(c1ccccc1)C(C)C. The van der Waals surface area contributed by atoms with Crippen LogP contribution in [0.3, 0.4) is 0 Å². The van der Waals surface area contributed by atoms with Crippen LogP contribution in [0.4, 0.5) is 0 Å². The summed E-state index contributed by atoms with van der Waals surface area (Å²) in [5.74, 6) is 2.75. The van der Waals surface area contributed by atoms with Crippen molar-refractivity contribution in [3.63, 3.8) is 0 Å². The third-order valence-corrected chi connectivity index (χ3v) is 5.65. The zero-order valence-electron chi connectivity index (χ0n) is 9.28. The van der Waals surface area contributed by atoms with Crippen LogP contribution in [0.5, 0.6) is 0 Å². The van der Waals surface area contributed by atoms with E-state index in [0.29, 0.717) is 20.9 Å². The molecule has 0 radical (unpaired) electrons. The minimum absolute atomic E-state index is 0.0612. The Morgan fingerprint density at radius 1 is 1.21 bits per heavy atom. The molecule has 1 nitrogen and oxygen atoms in total. The van der Waals surface area contributed by atoms with Crippen LogP contribution in [0.15, 0.2) is 30.3 Å². The van der Waals surface area contributed by atoms with E-state index in [4.69, 9.17) is 4.74 Å². The first kappa shape index (κ1) is 11.8. The van der Waals surface area contributed by atoms with E-state index in [1.54, 1.807) is 0 Å². The van der Waals surface area contributed by atoms with Crippen molar-refractivity contribution in [3.8, 4) is 0 Å². The fraction of sp³-hybridized carbons (Fsp3) is 0.500. The van der Waals surface area contributed by atoms with Gasteiger partial charge in [-0.05, 0) is 0 Å². The van der Waals surface area contributed by atoms with Gasteiger partial charge in [0.2, 0.25) is 0 Å². The Morgan fingerprint density at radius 3 is 2.14 bits per heavy atom. The Labute approximate surface area is 93.0 Å². The normalized spacial score (nSPS) is 15.5. The van der Waals surface area contributed by atoms with E-state index in [2.05, 4.69) is 43.9 Å². The van der Waals surface area contributed by atoms with Crippen LogP contribution in [-0.2, 0) is 9.24 Å². The van der Waals surface area contributed by atoms with Gasteiger partial charge in [-0.3, -0.25) is 0 Å². The van der Waals surface area contributed by atoms with Gasteiger partial charge in [-0.2, -0.15) is 0 Å². The van der Waals surface area contributed by atoms with Crippen molar-refractivity contribution < 1.29 is 4.74 Å². The first-order valence-electron chi connectivity index (χ1n) is 4.83. The first-order valence-corrected chi connectivity index (χ1v) is 7.40. The van der Waals surface area contributed by atoms with Gasteiger partial charge < -0.3 is 0 Å². The van der Waals surface area contributed by atoms with E-state index in [-0.39, 0.29) is 4.50 Å². The molecule has 2 heteroatoms. The van der Waals surface area contributed by atoms with Crippen LogP contribution >= 0.6 is 0 Å². The average molecular weight is 257 g/mol. The van der Waals surface area contributed by atoms with E-state index in [9.17, 15) is 0 Å². The minimum atomic E-state index is -0.0612. The van der Waals surface area contributed by atoms with E-state index in [0.717, 1.165) is 0 Å². The summed E-state index contributed by atoms with van der Waals surface area (Å²) in [6.07, 6.45) is 0. The van der Waals surface area contributed by atoms with Crippen LogP contribution in [0.2, 0.25) is 5.82 Å². The molecular formula is C12H18OSe. The summed E-state index contributed by atoms with van der Waals surface area (Å²) < 4.78 is 5.70. The Kier molecular flexibility index (Phi) is 4.18. The predicted octanol–water partition coefficient (Wildman–Crippen LogP) is 2.89. The van der Waals surface area contributed by atoms with Gasteiger partial charge in [0, 0.05) is 0 Å². The molecule has 14 heavy (non-hydrogen) atoms. The predicted molar refractivity (Wildman–Crippen MR) is 61.6 cm³/mol. The quantitative estimate of drug-likeness (QED) is 0.754. The van der Waals surface area contributed by atoms with Crippen LogP contribution < -0.4 is 0 Å². The summed E-state index contributed by atoms with van der Waals surface area (Å²) in [4.78, 5) is 0. The molecule has 0 heterocycles. The van der Waals surface area contributed by atoms with Crippen molar-refractivity contribution in [3.05, 3.63) is 35.9 Å². The summed E-state index contributed by atoms with van der Waals surface area (Å²) >= 11 is 0.442. The van der Waals surface area contributed by atoms with Crippen molar-refractivity contribution >= 4 is 15.0 Å². The molecule has 1 rings (SSSR count). The maximum absolute atomic E-state index is 5.76. The molecule has 0 spiro atoms. The van der Waals surface area contributed by atoms with Crippen LogP contribution in [0.1, 0.15) is 19.4 Å². The Hall–Kier alpha value is -0.301. The van der Waals surface area contributed by atoms with Gasteiger partial charge >= 0.3 is 92.8 Å². The molecule has 0 aromatic heterocycles. The second-order valence-electron chi connectivity index (χ2n) is 3.60. The molecule has 0 fully saturated rings. The van der Waals surface area contributed by atoms with Crippen LogP contribution in [0, 0.1) is 5.92 Å². The zero-order chi connectivity index (χ0) is 10.6.